The topological polar surface area (TPSA) is 43.8 Å². The highest BCUT2D eigenvalue weighted by atomic mass is 19.4. The van der Waals surface area contributed by atoms with Gasteiger partial charge in [-0.05, 0) is 51.7 Å². The van der Waals surface area contributed by atoms with E-state index in [0.717, 1.165) is 31.7 Å². The highest BCUT2D eigenvalue weighted by Gasteiger charge is 2.35. The van der Waals surface area contributed by atoms with Crippen molar-refractivity contribution in [3.63, 3.8) is 0 Å². The zero-order valence-electron chi connectivity index (χ0n) is 17.7. The predicted molar refractivity (Wildman–Crippen MR) is 107 cm³/mol. The van der Waals surface area contributed by atoms with Crippen molar-refractivity contribution >= 4 is 5.82 Å². The standard InChI is InChI=1S/C22H29F3N2O3/c1-15(2)29-10-4-5-16-11-20(22(23,24)25)26-21(12-16)27-8-6-17(7-9-27)30-19-13-18(14-19)28-3/h11-12,15,17-19H,6-10,13-14H2,1-3H3. The molecule has 0 atom stereocenters. The van der Waals surface area contributed by atoms with Crippen molar-refractivity contribution in [1.29, 1.82) is 0 Å². The third-order valence-electron chi connectivity index (χ3n) is 5.36. The molecule has 0 aromatic carbocycles. The van der Waals surface area contributed by atoms with Crippen LogP contribution in [-0.4, -0.2) is 56.2 Å². The molecular formula is C22H29F3N2O3. The van der Waals surface area contributed by atoms with Gasteiger partial charge in [0.1, 0.15) is 18.1 Å². The third kappa shape index (κ3) is 6.34. The van der Waals surface area contributed by atoms with Crippen LogP contribution in [0, 0.1) is 11.8 Å². The number of hydrogen-bond donors (Lipinski definition) is 0. The summed E-state index contributed by atoms with van der Waals surface area (Å²) >= 11 is 0. The minimum Gasteiger partial charge on any atom is -0.381 e. The summed E-state index contributed by atoms with van der Waals surface area (Å²) in [5.41, 5.74) is -0.634. The summed E-state index contributed by atoms with van der Waals surface area (Å²) in [7, 11) is 1.71. The molecule has 2 fully saturated rings. The van der Waals surface area contributed by atoms with Gasteiger partial charge < -0.3 is 19.1 Å². The summed E-state index contributed by atoms with van der Waals surface area (Å²) in [4.78, 5) is 5.74. The maximum Gasteiger partial charge on any atom is 0.433 e. The summed E-state index contributed by atoms with van der Waals surface area (Å²) < 4.78 is 56.7. The number of nitrogens with zero attached hydrogens (tertiary/aromatic N) is 2. The monoisotopic (exact) mass is 426 g/mol. The number of methoxy groups -OCH3 is 1. The van der Waals surface area contributed by atoms with Gasteiger partial charge in [0.15, 0.2) is 0 Å². The molecule has 0 bridgehead atoms. The summed E-state index contributed by atoms with van der Waals surface area (Å²) in [6, 6.07) is 2.61. The van der Waals surface area contributed by atoms with E-state index in [2.05, 4.69) is 16.8 Å². The van der Waals surface area contributed by atoms with Gasteiger partial charge in [-0.3, -0.25) is 0 Å². The van der Waals surface area contributed by atoms with Crippen LogP contribution in [-0.2, 0) is 20.4 Å². The lowest BCUT2D eigenvalue weighted by Crippen LogP contribution is -2.43. The smallest absolute Gasteiger partial charge is 0.381 e. The molecular weight excluding hydrogens is 397 g/mol. The van der Waals surface area contributed by atoms with Gasteiger partial charge in [0.25, 0.3) is 0 Å². The van der Waals surface area contributed by atoms with Gasteiger partial charge >= 0.3 is 6.18 Å². The SMILES string of the molecule is COC1CC(OC2CCN(c3cc(C#CCOC(C)C)cc(C(F)(F)F)n3)CC2)C1. The van der Waals surface area contributed by atoms with E-state index in [1.54, 1.807) is 13.2 Å². The van der Waals surface area contributed by atoms with Gasteiger partial charge in [-0.15, -0.1) is 0 Å². The summed E-state index contributed by atoms with van der Waals surface area (Å²) in [5, 5.41) is 0. The number of ether oxygens (including phenoxy) is 3. The molecule has 2 heterocycles. The van der Waals surface area contributed by atoms with E-state index >= 15 is 0 Å². The van der Waals surface area contributed by atoms with Crippen LogP contribution in [0.4, 0.5) is 19.0 Å². The van der Waals surface area contributed by atoms with E-state index < -0.39 is 11.9 Å². The first-order valence-electron chi connectivity index (χ1n) is 10.4. The minimum atomic E-state index is -4.52. The second-order valence-corrected chi connectivity index (χ2v) is 8.03. The van der Waals surface area contributed by atoms with Crippen molar-refractivity contribution in [2.24, 2.45) is 0 Å². The molecule has 0 unspecified atom stereocenters. The van der Waals surface area contributed by atoms with Crippen LogP contribution in [0.3, 0.4) is 0 Å². The predicted octanol–water partition coefficient (Wildman–Crippen LogP) is 4.04. The van der Waals surface area contributed by atoms with E-state index in [9.17, 15) is 13.2 Å². The Morgan fingerprint density at radius 2 is 1.83 bits per heavy atom. The highest BCUT2D eigenvalue weighted by molar-refractivity contribution is 5.49. The van der Waals surface area contributed by atoms with Gasteiger partial charge in [-0.1, -0.05) is 11.8 Å². The van der Waals surface area contributed by atoms with Crippen LogP contribution in [0.15, 0.2) is 12.1 Å². The fraction of sp³-hybridized carbons (Fsp3) is 0.682. The normalized spacial score (nSPS) is 22.6. The molecule has 0 amide bonds. The Labute approximate surface area is 175 Å². The molecule has 1 aromatic rings. The van der Waals surface area contributed by atoms with Gasteiger partial charge in [0.05, 0.1) is 24.4 Å². The van der Waals surface area contributed by atoms with Crippen LogP contribution in [0.2, 0.25) is 0 Å². The molecule has 5 nitrogen and oxygen atoms in total. The Bertz CT molecular complexity index is 759. The highest BCUT2D eigenvalue weighted by Crippen LogP contribution is 2.32. The number of hydrogen-bond acceptors (Lipinski definition) is 5. The lowest BCUT2D eigenvalue weighted by atomic mass is 9.91. The first-order valence-corrected chi connectivity index (χ1v) is 10.4. The van der Waals surface area contributed by atoms with Crippen molar-refractivity contribution in [2.45, 2.75) is 70.1 Å². The number of rotatable bonds is 6. The second kappa shape index (κ2) is 9.99. The maximum absolute atomic E-state index is 13.3. The van der Waals surface area contributed by atoms with Crippen molar-refractivity contribution in [1.82, 2.24) is 4.98 Å². The van der Waals surface area contributed by atoms with Gasteiger partial charge in [0.2, 0.25) is 0 Å². The Morgan fingerprint density at radius 3 is 2.43 bits per heavy atom. The number of aromatic nitrogens is 1. The number of alkyl halides is 3. The van der Waals surface area contributed by atoms with E-state index in [1.165, 1.54) is 0 Å². The molecule has 0 radical (unpaired) electrons. The molecule has 1 aliphatic heterocycles. The molecule has 30 heavy (non-hydrogen) atoms. The van der Waals surface area contributed by atoms with Crippen molar-refractivity contribution < 1.29 is 27.4 Å². The molecule has 1 aliphatic carbocycles. The molecule has 1 saturated carbocycles. The van der Waals surface area contributed by atoms with Crippen LogP contribution < -0.4 is 4.90 Å². The first-order chi connectivity index (χ1) is 14.2. The number of halogens is 3. The summed E-state index contributed by atoms with van der Waals surface area (Å²) in [5.74, 6) is 5.86. The van der Waals surface area contributed by atoms with E-state index in [-0.39, 0.29) is 36.6 Å². The molecule has 3 rings (SSSR count). The summed E-state index contributed by atoms with van der Waals surface area (Å²) in [6.45, 7) is 5.13. The van der Waals surface area contributed by atoms with Crippen molar-refractivity contribution in [2.75, 3.05) is 31.7 Å². The first kappa shape index (κ1) is 22.9. The second-order valence-electron chi connectivity index (χ2n) is 8.03. The van der Waals surface area contributed by atoms with E-state index in [0.29, 0.717) is 18.9 Å². The average Bonchev–Trinajstić information content (AvgIpc) is 2.67. The largest absolute Gasteiger partial charge is 0.433 e. The number of pyridine rings is 1. The number of piperidine rings is 1. The molecule has 1 saturated heterocycles. The average molecular weight is 426 g/mol. The Balaban J connectivity index is 1.63. The van der Waals surface area contributed by atoms with Crippen LogP contribution in [0.25, 0.3) is 0 Å². The Kier molecular flexibility index (Phi) is 7.61. The van der Waals surface area contributed by atoms with Gasteiger partial charge in [0, 0.05) is 25.8 Å². The van der Waals surface area contributed by atoms with Crippen LogP contribution in [0.1, 0.15) is 50.8 Å². The quantitative estimate of drug-likeness (QED) is 0.643. The maximum atomic E-state index is 13.3. The lowest BCUT2D eigenvalue weighted by Gasteiger charge is -2.39. The molecule has 166 valence electrons. The molecule has 0 N–H and O–H groups in total. The molecule has 2 aliphatic rings. The van der Waals surface area contributed by atoms with Gasteiger partial charge in [-0.2, -0.15) is 13.2 Å². The minimum absolute atomic E-state index is 0.0156. The van der Waals surface area contributed by atoms with E-state index in [4.69, 9.17) is 14.2 Å². The van der Waals surface area contributed by atoms with Crippen LogP contribution in [0.5, 0.6) is 0 Å². The van der Waals surface area contributed by atoms with Crippen molar-refractivity contribution in [3.05, 3.63) is 23.4 Å². The zero-order valence-corrected chi connectivity index (χ0v) is 17.7. The Hall–Kier alpha value is -1.82. The summed E-state index contributed by atoms with van der Waals surface area (Å²) in [6.07, 6.45) is -0.523. The van der Waals surface area contributed by atoms with Gasteiger partial charge in [-0.25, -0.2) is 4.98 Å². The lowest BCUT2D eigenvalue weighted by molar-refractivity contribution is -0.141. The third-order valence-corrected chi connectivity index (χ3v) is 5.36. The fourth-order valence-electron chi connectivity index (χ4n) is 3.56. The fourth-order valence-corrected chi connectivity index (χ4v) is 3.56. The van der Waals surface area contributed by atoms with Crippen molar-refractivity contribution in [3.8, 4) is 11.8 Å². The van der Waals surface area contributed by atoms with Crippen LogP contribution >= 0.6 is 0 Å². The molecule has 1 aromatic heterocycles. The van der Waals surface area contributed by atoms with E-state index in [1.807, 2.05) is 18.7 Å². The number of anilines is 1. The zero-order chi connectivity index (χ0) is 21.7. The molecule has 8 heteroatoms. The molecule has 0 spiro atoms. The Morgan fingerprint density at radius 1 is 1.13 bits per heavy atom.